The minimum Gasteiger partial charge on any atom is -0.376 e. The van der Waals surface area contributed by atoms with Crippen LogP contribution in [0.15, 0.2) is 11.6 Å². The monoisotopic (exact) mass is 169 g/mol. The maximum absolute atomic E-state index is 10.8. The average Bonchev–Trinajstić information content (AvgIpc) is 2.37. The van der Waals surface area contributed by atoms with E-state index >= 15 is 0 Å². The quantitative estimate of drug-likeness (QED) is 0.382. The third kappa shape index (κ3) is 2.74. The van der Waals surface area contributed by atoms with Crippen LogP contribution >= 0.6 is 0 Å². The highest BCUT2D eigenvalue weighted by Gasteiger charge is 2.12. The maximum atomic E-state index is 10.8. The van der Waals surface area contributed by atoms with Crippen molar-refractivity contribution in [2.75, 3.05) is 0 Å². The first kappa shape index (κ1) is 8.77. The number of primary amides is 1. The second-order valence-electron chi connectivity index (χ2n) is 2.72. The number of carbonyl (C=O) groups excluding carboxylic acids is 2. The standard InChI is InChI=1S/C8H11NO3/c9-8(11)12-7(10)5-6-3-1-2-4-6/h3H,1-2,4-5H2,(H2,9,11). The van der Waals surface area contributed by atoms with E-state index in [0.717, 1.165) is 24.8 Å². The van der Waals surface area contributed by atoms with Crippen molar-refractivity contribution >= 4 is 12.1 Å². The molecular weight excluding hydrogens is 158 g/mol. The van der Waals surface area contributed by atoms with E-state index in [0.29, 0.717) is 0 Å². The van der Waals surface area contributed by atoms with Gasteiger partial charge in [0.2, 0.25) is 0 Å². The molecule has 0 aromatic rings. The summed E-state index contributed by atoms with van der Waals surface area (Å²) in [5.41, 5.74) is 5.71. The van der Waals surface area contributed by atoms with Gasteiger partial charge < -0.3 is 10.5 Å². The van der Waals surface area contributed by atoms with Gasteiger partial charge in [0, 0.05) is 0 Å². The van der Waals surface area contributed by atoms with Crippen LogP contribution in [0.1, 0.15) is 25.7 Å². The summed E-state index contributed by atoms with van der Waals surface area (Å²) in [5, 5.41) is 0. The molecule has 1 aliphatic rings. The van der Waals surface area contributed by atoms with Gasteiger partial charge in [0.15, 0.2) is 0 Å². The van der Waals surface area contributed by atoms with E-state index in [1.807, 2.05) is 6.08 Å². The molecule has 0 aromatic carbocycles. The van der Waals surface area contributed by atoms with Crippen LogP contribution in [0.4, 0.5) is 4.79 Å². The minimum atomic E-state index is -1.03. The van der Waals surface area contributed by atoms with E-state index in [2.05, 4.69) is 10.5 Å². The Hall–Kier alpha value is -1.32. The molecule has 1 amide bonds. The zero-order valence-corrected chi connectivity index (χ0v) is 6.71. The molecule has 0 saturated heterocycles. The van der Waals surface area contributed by atoms with Gasteiger partial charge in [-0.1, -0.05) is 11.6 Å². The predicted octanol–water partition coefficient (Wildman–Crippen LogP) is 1.11. The van der Waals surface area contributed by atoms with Crippen molar-refractivity contribution in [3.63, 3.8) is 0 Å². The molecule has 0 aliphatic heterocycles. The van der Waals surface area contributed by atoms with Crippen molar-refractivity contribution in [1.29, 1.82) is 0 Å². The summed E-state index contributed by atoms with van der Waals surface area (Å²) in [6.45, 7) is 0. The van der Waals surface area contributed by atoms with E-state index in [4.69, 9.17) is 0 Å². The molecule has 0 fully saturated rings. The Balaban J connectivity index is 2.30. The topological polar surface area (TPSA) is 69.4 Å². The van der Waals surface area contributed by atoms with Gasteiger partial charge in [-0.25, -0.2) is 4.79 Å². The Kier molecular flexibility index (Phi) is 2.85. The lowest BCUT2D eigenvalue weighted by Crippen LogP contribution is -2.18. The molecule has 0 heterocycles. The normalized spacial score (nSPS) is 15.5. The van der Waals surface area contributed by atoms with Crippen molar-refractivity contribution in [3.05, 3.63) is 11.6 Å². The second-order valence-corrected chi connectivity index (χ2v) is 2.72. The number of hydrogen-bond donors (Lipinski definition) is 1. The van der Waals surface area contributed by atoms with Gasteiger partial charge in [0.1, 0.15) is 0 Å². The second kappa shape index (κ2) is 3.90. The fraction of sp³-hybridized carbons (Fsp3) is 0.500. The Morgan fingerprint density at radius 3 is 2.83 bits per heavy atom. The first-order valence-electron chi connectivity index (χ1n) is 3.86. The Bertz CT molecular complexity index is 232. The molecule has 0 unspecified atom stereocenters. The summed E-state index contributed by atoms with van der Waals surface area (Å²) >= 11 is 0. The van der Waals surface area contributed by atoms with Crippen LogP contribution in [0.2, 0.25) is 0 Å². The molecule has 1 aliphatic carbocycles. The van der Waals surface area contributed by atoms with Crippen LogP contribution in [0.5, 0.6) is 0 Å². The SMILES string of the molecule is NC(=O)OC(=O)CC1=CCCC1. The van der Waals surface area contributed by atoms with Crippen molar-refractivity contribution < 1.29 is 14.3 Å². The van der Waals surface area contributed by atoms with Crippen LogP contribution in [0.3, 0.4) is 0 Å². The van der Waals surface area contributed by atoms with E-state index in [-0.39, 0.29) is 6.42 Å². The van der Waals surface area contributed by atoms with E-state index in [1.54, 1.807) is 0 Å². The van der Waals surface area contributed by atoms with Crippen molar-refractivity contribution in [1.82, 2.24) is 0 Å². The van der Waals surface area contributed by atoms with Crippen LogP contribution in [0.25, 0.3) is 0 Å². The zero-order chi connectivity index (χ0) is 8.97. The van der Waals surface area contributed by atoms with Crippen LogP contribution in [-0.2, 0) is 9.53 Å². The van der Waals surface area contributed by atoms with Gasteiger partial charge in [0.25, 0.3) is 0 Å². The zero-order valence-electron chi connectivity index (χ0n) is 6.71. The first-order chi connectivity index (χ1) is 5.68. The molecule has 4 heteroatoms. The summed E-state index contributed by atoms with van der Waals surface area (Å²) in [5.74, 6) is -0.560. The van der Waals surface area contributed by atoms with Crippen LogP contribution in [-0.4, -0.2) is 12.1 Å². The minimum absolute atomic E-state index is 0.197. The van der Waals surface area contributed by atoms with Gasteiger partial charge >= 0.3 is 12.1 Å². The average molecular weight is 169 g/mol. The molecule has 0 radical (unpaired) electrons. The molecule has 4 nitrogen and oxygen atoms in total. The largest absolute Gasteiger partial charge is 0.412 e. The number of allylic oxidation sites excluding steroid dienone is 1. The first-order valence-corrected chi connectivity index (χ1v) is 3.86. The summed E-state index contributed by atoms with van der Waals surface area (Å²) in [7, 11) is 0. The van der Waals surface area contributed by atoms with E-state index in [9.17, 15) is 9.59 Å². The molecule has 1 rings (SSSR count). The number of amides is 1. The van der Waals surface area contributed by atoms with Gasteiger partial charge in [-0.2, -0.15) is 0 Å². The number of carbonyl (C=O) groups is 2. The Morgan fingerprint density at radius 2 is 2.33 bits per heavy atom. The fourth-order valence-electron chi connectivity index (χ4n) is 1.23. The molecule has 0 spiro atoms. The van der Waals surface area contributed by atoms with E-state index in [1.165, 1.54) is 0 Å². The summed E-state index contributed by atoms with van der Waals surface area (Å²) in [6, 6.07) is 0. The number of hydrogen-bond acceptors (Lipinski definition) is 3. The third-order valence-corrected chi connectivity index (χ3v) is 1.72. The highest BCUT2D eigenvalue weighted by Crippen LogP contribution is 2.20. The number of nitrogens with two attached hydrogens (primary N) is 1. The Morgan fingerprint density at radius 1 is 1.58 bits per heavy atom. The summed E-state index contributed by atoms with van der Waals surface area (Å²) in [4.78, 5) is 21.0. The van der Waals surface area contributed by atoms with E-state index < -0.39 is 12.1 Å². The van der Waals surface area contributed by atoms with Gasteiger partial charge in [-0.3, -0.25) is 4.79 Å². The highest BCUT2D eigenvalue weighted by atomic mass is 16.6. The van der Waals surface area contributed by atoms with Gasteiger partial charge in [-0.15, -0.1) is 0 Å². The molecule has 12 heavy (non-hydrogen) atoms. The number of esters is 1. The molecule has 66 valence electrons. The Labute approximate surface area is 70.4 Å². The molecule has 0 saturated carbocycles. The predicted molar refractivity (Wildman–Crippen MR) is 42.2 cm³/mol. The molecule has 0 bridgehead atoms. The lowest BCUT2D eigenvalue weighted by Gasteiger charge is -1.99. The lowest BCUT2D eigenvalue weighted by atomic mass is 10.2. The number of rotatable bonds is 2. The van der Waals surface area contributed by atoms with Crippen molar-refractivity contribution in [3.8, 4) is 0 Å². The van der Waals surface area contributed by atoms with Gasteiger partial charge in [0.05, 0.1) is 6.42 Å². The summed E-state index contributed by atoms with van der Waals surface area (Å²) < 4.78 is 4.17. The smallest absolute Gasteiger partial charge is 0.376 e. The summed E-state index contributed by atoms with van der Waals surface area (Å²) in [6.07, 6.45) is 4.19. The maximum Gasteiger partial charge on any atom is 0.412 e. The third-order valence-electron chi connectivity index (χ3n) is 1.72. The highest BCUT2D eigenvalue weighted by molar-refractivity contribution is 5.84. The van der Waals surface area contributed by atoms with Crippen molar-refractivity contribution in [2.24, 2.45) is 5.73 Å². The van der Waals surface area contributed by atoms with Crippen LogP contribution < -0.4 is 5.73 Å². The lowest BCUT2D eigenvalue weighted by molar-refractivity contribution is -0.136. The molecule has 0 atom stereocenters. The molecule has 0 aromatic heterocycles. The fourth-order valence-corrected chi connectivity index (χ4v) is 1.23. The molecule has 2 N–H and O–H groups in total. The van der Waals surface area contributed by atoms with Gasteiger partial charge in [-0.05, 0) is 19.3 Å². The van der Waals surface area contributed by atoms with Crippen LogP contribution in [0, 0.1) is 0 Å². The van der Waals surface area contributed by atoms with Crippen molar-refractivity contribution in [2.45, 2.75) is 25.7 Å². The molecular formula is C8H11NO3. The number of ether oxygens (including phenoxy) is 1.